The number of rotatable bonds is 2. The van der Waals surface area contributed by atoms with Gasteiger partial charge in [-0.05, 0) is 43.2 Å². The summed E-state index contributed by atoms with van der Waals surface area (Å²) in [5.74, 6) is 2.21. The van der Waals surface area contributed by atoms with Gasteiger partial charge in [0, 0.05) is 11.8 Å². The van der Waals surface area contributed by atoms with Gasteiger partial charge in [0.15, 0.2) is 5.82 Å². The van der Waals surface area contributed by atoms with Gasteiger partial charge < -0.3 is 0 Å². The van der Waals surface area contributed by atoms with Crippen LogP contribution in [0.1, 0.15) is 53.1 Å². The molecule has 0 radical (unpaired) electrons. The van der Waals surface area contributed by atoms with Gasteiger partial charge in [0.05, 0.1) is 0 Å². The second-order valence-electron chi connectivity index (χ2n) is 6.18. The van der Waals surface area contributed by atoms with Gasteiger partial charge in [-0.15, -0.1) is 10.2 Å². The summed E-state index contributed by atoms with van der Waals surface area (Å²) in [6.45, 7) is 0. The van der Waals surface area contributed by atoms with Gasteiger partial charge in [0.2, 0.25) is 4.96 Å². The lowest BCUT2D eigenvalue weighted by atomic mass is 9.84. The summed E-state index contributed by atoms with van der Waals surface area (Å²) in [4.78, 5) is 0.964. The summed E-state index contributed by atoms with van der Waals surface area (Å²) in [5.41, 5.74) is 3.00. The lowest BCUT2D eigenvalue weighted by Gasteiger charge is -2.22. The highest BCUT2D eigenvalue weighted by Gasteiger charge is 2.31. The van der Waals surface area contributed by atoms with Crippen molar-refractivity contribution < 1.29 is 0 Å². The van der Waals surface area contributed by atoms with Gasteiger partial charge in [0.1, 0.15) is 5.01 Å². The van der Waals surface area contributed by atoms with Gasteiger partial charge in [0.25, 0.3) is 0 Å². The Kier molecular flexibility index (Phi) is 2.47. The average Bonchev–Trinajstić information content (AvgIpc) is 3.15. The zero-order chi connectivity index (χ0) is 13.8. The van der Waals surface area contributed by atoms with Crippen molar-refractivity contribution in [2.24, 2.45) is 0 Å². The molecule has 1 saturated carbocycles. The van der Waals surface area contributed by atoms with Crippen molar-refractivity contribution in [3.63, 3.8) is 0 Å². The van der Waals surface area contributed by atoms with E-state index in [1.165, 1.54) is 35.4 Å². The third-order valence-corrected chi connectivity index (χ3v) is 5.73. The molecule has 0 unspecified atom stereocenters. The van der Waals surface area contributed by atoms with Crippen LogP contribution in [0.2, 0.25) is 0 Å². The minimum Gasteiger partial charge on any atom is -0.187 e. The van der Waals surface area contributed by atoms with Crippen LogP contribution in [-0.2, 0) is 12.8 Å². The van der Waals surface area contributed by atoms with Crippen molar-refractivity contribution in [3.05, 3.63) is 46.2 Å². The number of hydrogen-bond donors (Lipinski definition) is 0. The molecule has 1 aromatic carbocycles. The summed E-state index contributed by atoms with van der Waals surface area (Å²) in [6.07, 6.45) is 5.95. The summed E-state index contributed by atoms with van der Waals surface area (Å²) < 4.78 is 2.00. The maximum atomic E-state index is 4.84. The van der Waals surface area contributed by atoms with Crippen LogP contribution in [0.15, 0.2) is 24.3 Å². The minimum absolute atomic E-state index is 0.540. The van der Waals surface area contributed by atoms with Crippen LogP contribution in [0.3, 0.4) is 0 Å². The molecule has 21 heavy (non-hydrogen) atoms. The Labute approximate surface area is 126 Å². The minimum atomic E-state index is 0.540. The molecule has 2 aliphatic carbocycles. The molecule has 1 atom stereocenters. The first-order valence-corrected chi connectivity index (χ1v) is 8.49. The Morgan fingerprint density at radius 2 is 1.86 bits per heavy atom. The van der Waals surface area contributed by atoms with Crippen LogP contribution >= 0.6 is 11.3 Å². The van der Waals surface area contributed by atoms with E-state index in [0.717, 1.165) is 23.6 Å². The molecule has 4 nitrogen and oxygen atoms in total. The van der Waals surface area contributed by atoms with Crippen molar-refractivity contribution in [1.29, 1.82) is 0 Å². The van der Waals surface area contributed by atoms with Crippen molar-refractivity contribution in [2.45, 2.75) is 43.9 Å². The van der Waals surface area contributed by atoms with E-state index in [9.17, 15) is 0 Å². The van der Waals surface area contributed by atoms with Gasteiger partial charge in [-0.3, -0.25) is 0 Å². The molecule has 2 heterocycles. The molecular formula is C16H16N4S. The standard InChI is InChI=1S/C16H16N4S/c1-2-4-12-9-13(8-5-10(12)3-1)15-19-20-14(11-6-7-11)17-18-16(20)21-15/h1-4,11,13H,5-9H2/t13-/m0/s1. The second-order valence-corrected chi connectivity index (χ2v) is 7.16. The van der Waals surface area contributed by atoms with E-state index in [1.54, 1.807) is 11.3 Å². The SMILES string of the molecule is c1ccc2c(c1)CC[C@H](c1nn3c(C4CC4)nnc3s1)C2. The van der Waals surface area contributed by atoms with E-state index in [4.69, 9.17) is 5.10 Å². The Morgan fingerprint density at radius 1 is 1.00 bits per heavy atom. The lowest BCUT2D eigenvalue weighted by Crippen LogP contribution is -2.12. The van der Waals surface area contributed by atoms with Gasteiger partial charge in [-0.1, -0.05) is 35.6 Å². The molecule has 0 bridgehead atoms. The first-order valence-electron chi connectivity index (χ1n) is 7.67. The van der Waals surface area contributed by atoms with Crippen LogP contribution in [0.25, 0.3) is 4.96 Å². The van der Waals surface area contributed by atoms with Crippen LogP contribution in [-0.4, -0.2) is 19.8 Å². The topological polar surface area (TPSA) is 43.1 Å². The number of aryl methyl sites for hydroxylation is 1. The van der Waals surface area contributed by atoms with Crippen molar-refractivity contribution in [3.8, 4) is 0 Å². The zero-order valence-corrected chi connectivity index (χ0v) is 12.5. The van der Waals surface area contributed by atoms with Gasteiger partial charge >= 0.3 is 0 Å². The fraction of sp³-hybridized carbons (Fsp3) is 0.438. The smallest absolute Gasteiger partial charge is 0.187 e. The molecule has 3 aromatic rings. The Hall–Kier alpha value is -1.75. The van der Waals surface area contributed by atoms with Crippen LogP contribution in [0.5, 0.6) is 0 Å². The van der Waals surface area contributed by atoms with Crippen molar-refractivity contribution in [2.75, 3.05) is 0 Å². The molecule has 1 fully saturated rings. The quantitative estimate of drug-likeness (QED) is 0.728. The average molecular weight is 296 g/mol. The van der Waals surface area contributed by atoms with Crippen LogP contribution in [0, 0.1) is 0 Å². The Bertz CT molecular complexity index is 815. The summed E-state index contributed by atoms with van der Waals surface area (Å²) in [5, 5.41) is 14.7. The fourth-order valence-electron chi connectivity index (χ4n) is 3.32. The maximum Gasteiger partial charge on any atom is 0.234 e. The number of hydrogen-bond acceptors (Lipinski definition) is 4. The first kappa shape index (κ1) is 11.9. The van der Waals surface area contributed by atoms with Gasteiger partial charge in [-0.25, -0.2) is 0 Å². The largest absolute Gasteiger partial charge is 0.234 e. The van der Waals surface area contributed by atoms with E-state index in [1.807, 2.05) is 4.52 Å². The zero-order valence-electron chi connectivity index (χ0n) is 11.7. The molecule has 0 N–H and O–H groups in total. The molecule has 0 aliphatic heterocycles. The summed E-state index contributed by atoms with van der Waals surface area (Å²) in [6, 6.07) is 8.81. The highest BCUT2D eigenvalue weighted by atomic mass is 32.1. The van der Waals surface area contributed by atoms with Crippen molar-refractivity contribution >= 4 is 16.3 Å². The van der Waals surface area contributed by atoms with E-state index >= 15 is 0 Å². The number of fused-ring (bicyclic) bond motifs is 2. The molecule has 5 rings (SSSR count). The van der Waals surface area contributed by atoms with Crippen molar-refractivity contribution in [1.82, 2.24) is 19.8 Å². The van der Waals surface area contributed by atoms with Gasteiger partial charge in [-0.2, -0.15) is 9.61 Å². The van der Waals surface area contributed by atoms with Crippen LogP contribution in [0.4, 0.5) is 0 Å². The molecule has 2 aliphatic rings. The fourth-order valence-corrected chi connectivity index (χ4v) is 4.30. The van der Waals surface area contributed by atoms with E-state index in [2.05, 4.69) is 34.5 Å². The number of nitrogens with zero attached hydrogens (tertiary/aromatic N) is 4. The molecular weight excluding hydrogens is 280 g/mol. The molecule has 0 spiro atoms. The van der Waals surface area contributed by atoms with E-state index in [-0.39, 0.29) is 0 Å². The molecule has 0 amide bonds. The maximum absolute atomic E-state index is 4.84. The highest BCUT2D eigenvalue weighted by Crippen LogP contribution is 2.40. The summed E-state index contributed by atoms with van der Waals surface area (Å²) in [7, 11) is 0. The van der Waals surface area contributed by atoms with E-state index in [0.29, 0.717) is 11.8 Å². The second kappa shape index (κ2) is 4.37. The molecule has 106 valence electrons. The lowest BCUT2D eigenvalue weighted by molar-refractivity contribution is 0.572. The summed E-state index contributed by atoms with van der Waals surface area (Å²) >= 11 is 1.72. The Balaban J connectivity index is 1.50. The molecule has 5 heteroatoms. The van der Waals surface area contributed by atoms with Crippen LogP contribution < -0.4 is 0 Å². The number of aromatic nitrogens is 4. The monoisotopic (exact) mass is 296 g/mol. The first-order chi connectivity index (χ1) is 10.4. The third kappa shape index (κ3) is 1.91. The normalized spacial score (nSPS) is 21.6. The predicted octanol–water partition coefficient (Wildman–Crippen LogP) is 3.34. The molecule has 2 aromatic heterocycles. The third-order valence-electron chi connectivity index (χ3n) is 4.67. The van der Waals surface area contributed by atoms with E-state index < -0.39 is 0 Å². The predicted molar refractivity (Wildman–Crippen MR) is 81.8 cm³/mol. The Morgan fingerprint density at radius 3 is 2.71 bits per heavy atom. The highest BCUT2D eigenvalue weighted by molar-refractivity contribution is 7.16. The molecule has 0 saturated heterocycles. The number of benzene rings is 1.